The molecule has 3 aliphatic rings. The molecule has 0 radical (unpaired) electrons. The van der Waals surface area contributed by atoms with E-state index < -0.39 is 0 Å². The summed E-state index contributed by atoms with van der Waals surface area (Å²) >= 11 is 0. The standard InChI is InChI=1S/C46H50/c1-32-10-13-42(14-11-32)44-25-24-43-15-12-35(30-45(43)44)29-34(3)46(4)27-26-36(31-46)28-33(2)37-16-18-40(19-17-37)41-22-20-39(21-23-41)38-8-6-5-7-9-38/h5-15,20-23,25,30,36-37,40H,2-3,16-19,24,26-29,31H2,1,4H3. The second kappa shape index (κ2) is 13.1. The Bertz CT molecular complexity index is 1720. The highest BCUT2D eigenvalue weighted by Gasteiger charge is 2.38. The summed E-state index contributed by atoms with van der Waals surface area (Å²) in [5.74, 6) is 2.13. The number of hydrogen-bond acceptors (Lipinski definition) is 0. The van der Waals surface area contributed by atoms with Gasteiger partial charge in [0.2, 0.25) is 0 Å². The van der Waals surface area contributed by atoms with Crippen molar-refractivity contribution in [2.24, 2.45) is 17.3 Å². The van der Waals surface area contributed by atoms with E-state index in [0.29, 0.717) is 11.8 Å². The fourth-order valence-electron chi connectivity index (χ4n) is 8.76. The summed E-state index contributed by atoms with van der Waals surface area (Å²) in [6.45, 7) is 14.0. The molecule has 0 saturated heterocycles. The molecule has 0 N–H and O–H groups in total. The Labute approximate surface area is 278 Å². The van der Waals surface area contributed by atoms with Gasteiger partial charge in [0.15, 0.2) is 0 Å². The monoisotopic (exact) mass is 602 g/mol. The van der Waals surface area contributed by atoms with E-state index in [1.807, 2.05) is 0 Å². The summed E-state index contributed by atoms with van der Waals surface area (Å²) in [5, 5.41) is 0. The SMILES string of the molecule is C=C(CC1CCC(C)(C(=C)Cc2ccc3c(c2)C(c2ccc(C)cc2)=CC3)C1)C1CCC(c2ccc(-c3ccccc3)cc2)CC1. The molecule has 46 heavy (non-hydrogen) atoms. The lowest BCUT2D eigenvalue weighted by Crippen LogP contribution is -2.18. The molecule has 0 amide bonds. The van der Waals surface area contributed by atoms with Gasteiger partial charge in [0.05, 0.1) is 0 Å². The van der Waals surface area contributed by atoms with Crippen LogP contribution in [0, 0.1) is 24.2 Å². The van der Waals surface area contributed by atoms with E-state index in [4.69, 9.17) is 6.58 Å². The average Bonchev–Trinajstić information content (AvgIpc) is 3.69. The third-order valence-corrected chi connectivity index (χ3v) is 11.8. The molecule has 2 atom stereocenters. The lowest BCUT2D eigenvalue weighted by Gasteiger charge is -2.32. The molecular weight excluding hydrogens is 553 g/mol. The molecule has 0 spiro atoms. The number of aryl methyl sites for hydroxylation is 1. The second-order valence-corrected chi connectivity index (χ2v) is 15.0. The third-order valence-electron chi connectivity index (χ3n) is 11.8. The highest BCUT2D eigenvalue weighted by Crippen LogP contribution is 2.50. The van der Waals surface area contributed by atoms with Crippen LogP contribution in [0.4, 0.5) is 0 Å². The van der Waals surface area contributed by atoms with Crippen LogP contribution in [-0.2, 0) is 12.8 Å². The van der Waals surface area contributed by atoms with Gasteiger partial charge >= 0.3 is 0 Å². The summed E-state index contributed by atoms with van der Waals surface area (Å²) in [4.78, 5) is 0. The second-order valence-electron chi connectivity index (χ2n) is 15.0. The van der Waals surface area contributed by atoms with E-state index in [1.54, 1.807) is 0 Å². The fourth-order valence-corrected chi connectivity index (χ4v) is 8.76. The Morgan fingerprint density at radius 1 is 0.761 bits per heavy atom. The Hall–Kier alpha value is -3.90. The minimum atomic E-state index is 0.225. The van der Waals surface area contributed by atoms with Crippen molar-refractivity contribution in [1.29, 1.82) is 0 Å². The van der Waals surface area contributed by atoms with Crippen molar-refractivity contribution in [3.8, 4) is 11.1 Å². The van der Waals surface area contributed by atoms with E-state index in [2.05, 4.69) is 124 Å². The minimum Gasteiger partial charge on any atom is -0.0996 e. The molecule has 7 rings (SSSR count). The first-order chi connectivity index (χ1) is 22.3. The molecule has 2 fully saturated rings. The lowest BCUT2D eigenvalue weighted by molar-refractivity contribution is 0.339. The molecule has 0 bridgehead atoms. The number of allylic oxidation sites excluding steroid dienone is 3. The predicted molar refractivity (Wildman–Crippen MR) is 197 cm³/mol. The van der Waals surface area contributed by atoms with Gasteiger partial charge in [-0.3, -0.25) is 0 Å². The van der Waals surface area contributed by atoms with Crippen molar-refractivity contribution < 1.29 is 0 Å². The van der Waals surface area contributed by atoms with Crippen LogP contribution in [0.25, 0.3) is 16.7 Å². The van der Waals surface area contributed by atoms with E-state index in [-0.39, 0.29) is 5.41 Å². The van der Waals surface area contributed by atoms with Gasteiger partial charge in [-0.25, -0.2) is 0 Å². The first-order valence-corrected chi connectivity index (χ1v) is 17.8. The first kappa shape index (κ1) is 30.7. The number of fused-ring (bicyclic) bond motifs is 1. The third kappa shape index (κ3) is 6.50. The van der Waals surface area contributed by atoms with Crippen LogP contribution in [0.1, 0.15) is 97.6 Å². The Kier molecular flexibility index (Phi) is 8.74. The van der Waals surface area contributed by atoms with Crippen molar-refractivity contribution in [2.45, 2.75) is 84.0 Å². The smallest absolute Gasteiger partial charge is 0.00641 e. The van der Waals surface area contributed by atoms with Crippen molar-refractivity contribution in [2.75, 3.05) is 0 Å². The number of hydrogen-bond donors (Lipinski definition) is 0. The lowest BCUT2D eigenvalue weighted by atomic mass is 9.73. The van der Waals surface area contributed by atoms with Crippen molar-refractivity contribution in [1.82, 2.24) is 0 Å². The Morgan fingerprint density at radius 3 is 2.20 bits per heavy atom. The molecule has 2 unspecified atom stereocenters. The van der Waals surface area contributed by atoms with Gasteiger partial charge in [-0.05, 0) is 139 Å². The summed E-state index contributed by atoms with van der Waals surface area (Å²) < 4.78 is 0. The predicted octanol–water partition coefficient (Wildman–Crippen LogP) is 12.5. The van der Waals surface area contributed by atoms with E-state index >= 15 is 0 Å². The van der Waals surface area contributed by atoms with Crippen LogP contribution in [0.3, 0.4) is 0 Å². The zero-order chi connectivity index (χ0) is 31.7. The highest BCUT2D eigenvalue weighted by atomic mass is 14.4. The van der Waals surface area contributed by atoms with Gasteiger partial charge in [0, 0.05) is 0 Å². The topological polar surface area (TPSA) is 0 Å². The van der Waals surface area contributed by atoms with Crippen LogP contribution >= 0.6 is 0 Å². The molecule has 0 aliphatic heterocycles. The van der Waals surface area contributed by atoms with Gasteiger partial charge in [-0.2, -0.15) is 0 Å². The van der Waals surface area contributed by atoms with E-state index in [9.17, 15) is 0 Å². The fraction of sp³-hybridized carbons (Fsp3) is 0.348. The van der Waals surface area contributed by atoms with Crippen LogP contribution in [0.15, 0.2) is 127 Å². The van der Waals surface area contributed by atoms with Crippen molar-refractivity contribution >= 4 is 5.57 Å². The van der Waals surface area contributed by atoms with Crippen LogP contribution in [0.2, 0.25) is 0 Å². The van der Waals surface area contributed by atoms with Gasteiger partial charge in [-0.1, -0.05) is 140 Å². The zero-order valence-electron chi connectivity index (χ0n) is 28.0. The van der Waals surface area contributed by atoms with Gasteiger partial charge in [0.1, 0.15) is 0 Å². The number of rotatable bonds is 9. The van der Waals surface area contributed by atoms with Crippen LogP contribution < -0.4 is 0 Å². The van der Waals surface area contributed by atoms with E-state index in [1.165, 1.54) is 113 Å². The van der Waals surface area contributed by atoms with Gasteiger partial charge < -0.3 is 0 Å². The Morgan fingerprint density at radius 2 is 1.46 bits per heavy atom. The van der Waals surface area contributed by atoms with Crippen LogP contribution in [0.5, 0.6) is 0 Å². The molecule has 234 valence electrons. The normalized spacial score (nSPS) is 24.0. The largest absolute Gasteiger partial charge is 0.0996 e. The highest BCUT2D eigenvalue weighted by molar-refractivity contribution is 5.85. The van der Waals surface area contributed by atoms with Crippen LogP contribution in [-0.4, -0.2) is 0 Å². The molecular formula is C46H50. The molecule has 3 aliphatic carbocycles. The molecule has 0 heteroatoms. The van der Waals surface area contributed by atoms with Gasteiger partial charge in [-0.15, -0.1) is 0 Å². The van der Waals surface area contributed by atoms with Crippen molar-refractivity contribution in [3.63, 3.8) is 0 Å². The molecule has 4 aromatic rings. The summed E-state index contributed by atoms with van der Waals surface area (Å²) in [6.07, 6.45) is 14.6. The summed E-state index contributed by atoms with van der Waals surface area (Å²) in [6, 6.07) is 36.2. The quantitative estimate of drug-likeness (QED) is 0.167. The van der Waals surface area contributed by atoms with E-state index in [0.717, 1.165) is 18.8 Å². The zero-order valence-corrected chi connectivity index (χ0v) is 28.0. The first-order valence-electron chi connectivity index (χ1n) is 17.8. The number of benzene rings is 4. The molecule has 2 saturated carbocycles. The molecule has 0 heterocycles. The summed E-state index contributed by atoms with van der Waals surface area (Å²) in [7, 11) is 0. The summed E-state index contributed by atoms with van der Waals surface area (Å²) in [5.41, 5.74) is 15.6. The molecule has 0 aromatic heterocycles. The molecule has 0 nitrogen and oxygen atoms in total. The molecule has 4 aromatic carbocycles. The van der Waals surface area contributed by atoms with Gasteiger partial charge in [0.25, 0.3) is 0 Å². The average molecular weight is 603 g/mol. The maximum atomic E-state index is 4.71. The Balaban J connectivity index is 0.910. The maximum Gasteiger partial charge on any atom is -0.00641 e. The minimum absolute atomic E-state index is 0.225. The maximum absolute atomic E-state index is 4.71. The van der Waals surface area contributed by atoms with Crippen molar-refractivity contribution in [3.05, 3.63) is 161 Å².